The van der Waals surface area contributed by atoms with Crippen molar-refractivity contribution in [3.05, 3.63) is 76.5 Å². The van der Waals surface area contributed by atoms with E-state index < -0.39 is 15.5 Å². The number of carbonyl (C=O) groups is 1. The number of pyridine rings is 2. The molecular weight excluding hydrogens is 626 g/mol. The Morgan fingerprint density at radius 3 is 2.43 bits per heavy atom. The predicted molar refractivity (Wildman–Crippen MR) is 183 cm³/mol. The number of benzene rings is 1. The van der Waals surface area contributed by atoms with E-state index in [0.29, 0.717) is 41.2 Å². The number of rotatable bonds is 7. The van der Waals surface area contributed by atoms with E-state index in [-0.39, 0.29) is 45.2 Å². The number of anilines is 2. The van der Waals surface area contributed by atoms with Gasteiger partial charge in [-0.05, 0) is 44.0 Å². The lowest BCUT2D eigenvalue weighted by Crippen LogP contribution is -2.58. The van der Waals surface area contributed by atoms with Gasteiger partial charge in [0.15, 0.2) is 15.5 Å². The molecule has 46 heavy (non-hydrogen) atoms. The summed E-state index contributed by atoms with van der Waals surface area (Å²) in [7, 11) is 0.101. The average molecular weight is 664 g/mol. The zero-order valence-electron chi connectivity index (χ0n) is 27.0. The molecule has 0 N–H and O–H groups in total. The van der Waals surface area contributed by atoms with Crippen molar-refractivity contribution in [2.45, 2.75) is 50.6 Å². The zero-order chi connectivity index (χ0) is 33.7. The highest BCUT2D eigenvalue weighted by molar-refractivity contribution is 7.90. The van der Waals surface area contributed by atoms with E-state index in [4.69, 9.17) is 16.6 Å². The van der Waals surface area contributed by atoms with Gasteiger partial charge in [-0.25, -0.2) is 22.8 Å². The Hall–Kier alpha value is -4.29. The standard InChI is InChI=1S/C33H38ClN7O4S/c1-9-27(42)39-17-21(5)40(18-20(39)4)31-23-16-24(34)29(22-12-10-11-13-26(22)46(8,44)45)36-32(23)41(33(43)37-31)30-25(38(6)7)14-15-35-28(30)19(2)3/h9-16,19-21H,1,17-18H2,2-8H3. The Morgan fingerprint density at radius 1 is 1.11 bits per heavy atom. The second kappa shape index (κ2) is 12.5. The summed E-state index contributed by atoms with van der Waals surface area (Å²) >= 11 is 6.95. The molecule has 4 aromatic rings. The maximum atomic E-state index is 14.3. The van der Waals surface area contributed by atoms with Crippen LogP contribution < -0.4 is 15.5 Å². The van der Waals surface area contributed by atoms with Crippen molar-refractivity contribution in [2.24, 2.45) is 0 Å². The highest BCUT2D eigenvalue weighted by atomic mass is 35.5. The fourth-order valence-corrected chi connectivity index (χ4v) is 7.16. The van der Waals surface area contributed by atoms with Gasteiger partial charge in [0, 0.05) is 57.3 Å². The molecular formula is C33H38ClN7O4S. The van der Waals surface area contributed by atoms with Gasteiger partial charge in [0.05, 0.1) is 38.1 Å². The first-order valence-electron chi connectivity index (χ1n) is 14.9. The topological polar surface area (TPSA) is 122 Å². The first kappa shape index (κ1) is 33.1. The van der Waals surface area contributed by atoms with Gasteiger partial charge in [-0.15, -0.1) is 0 Å². The summed E-state index contributed by atoms with van der Waals surface area (Å²) < 4.78 is 27.1. The summed E-state index contributed by atoms with van der Waals surface area (Å²) in [6.45, 7) is 12.3. The Bertz CT molecular complexity index is 2000. The SMILES string of the molecule is C=CC(=O)N1CC(C)N(c2nc(=O)n(-c3c(N(C)C)ccnc3C(C)C)c3nc(-c4ccccc4S(C)(=O)=O)c(Cl)cc23)CC1C. The Morgan fingerprint density at radius 2 is 1.80 bits per heavy atom. The third-order valence-corrected chi connectivity index (χ3v) is 9.69. The van der Waals surface area contributed by atoms with Crippen molar-refractivity contribution in [3.8, 4) is 16.9 Å². The summed E-state index contributed by atoms with van der Waals surface area (Å²) in [5, 5.41) is 0.692. The Balaban J connectivity index is 1.89. The van der Waals surface area contributed by atoms with Crippen LogP contribution in [-0.2, 0) is 14.6 Å². The number of carbonyl (C=O) groups excluding carboxylic acids is 1. The van der Waals surface area contributed by atoms with Crippen LogP contribution in [-0.4, -0.2) is 84.3 Å². The van der Waals surface area contributed by atoms with Crippen molar-refractivity contribution >= 4 is 49.9 Å². The van der Waals surface area contributed by atoms with Crippen LogP contribution in [0.3, 0.4) is 0 Å². The van der Waals surface area contributed by atoms with Crippen molar-refractivity contribution in [1.29, 1.82) is 0 Å². The first-order chi connectivity index (χ1) is 21.6. The molecule has 242 valence electrons. The van der Waals surface area contributed by atoms with Crippen LogP contribution in [0.5, 0.6) is 0 Å². The van der Waals surface area contributed by atoms with Crippen LogP contribution in [0, 0.1) is 0 Å². The molecule has 2 unspecified atom stereocenters. The molecule has 5 rings (SSSR count). The quantitative estimate of drug-likeness (QED) is 0.259. The molecule has 0 aliphatic carbocycles. The normalized spacial score (nSPS) is 17.1. The monoisotopic (exact) mass is 663 g/mol. The third-order valence-electron chi connectivity index (χ3n) is 8.24. The van der Waals surface area contributed by atoms with E-state index in [1.54, 1.807) is 35.4 Å². The van der Waals surface area contributed by atoms with Crippen molar-refractivity contribution < 1.29 is 13.2 Å². The number of aromatic nitrogens is 4. The number of fused-ring (bicyclic) bond motifs is 1. The molecule has 0 saturated carbocycles. The minimum Gasteiger partial charge on any atom is -0.376 e. The molecule has 1 aliphatic rings. The second-order valence-corrected chi connectivity index (χ2v) is 14.6. The van der Waals surface area contributed by atoms with Gasteiger partial charge in [-0.3, -0.25) is 9.78 Å². The summed E-state index contributed by atoms with van der Waals surface area (Å²) in [4.78, 5) is 46.9. The first-order valence-corrected chi connectivity index (χ1v) is 17.2. The highest BCUT2D eigenvalue weighted by Crippen LogP contribution is 2.38. The maximum absolute atomic E-state index is 14.3. The van der Waals surface area contributed by atoms with Crippen LogP contribution in [0.15, 0.2) is 64.9 Å². The van der Waals surface area contributed by atoms with Crippen LogP contribution in [0.1, 0.15) is 39.3 Å². The van der Waals surface area contributed by atoms with Gasteiger partial charge >= 0.3 is 5.69 Å². The maximum Gasteiger partial charge on any atom is 0.355 e. The number of halogens is 1. The molecule has 1 fully saturated rings. The van der Waals surface area contributed by atoms with Crippen LogP contribution in [0.25, 0.3) is 28.0 Å². The van der Waals surface area contributed by atoms with E-state index in [9.17, 15) is 18.0 Å². The average Bonchev–Trinajstić information content (AvgIpc) is 3.00. The molecule has 13 heteroatoms. The molecule has 0 bridgehead atoms. The van der Waals surface area contributed by atoms with Crippen molar-refractivity contribution in [3.63, 3.8) is 0 Å². The van der Waals surface area contributed by atoms with Gasteiger partial charge in [-0.1, -0.05) is 50.2 Å². The minimum absolute atomic E-state index is 0.0643. The Kier molecular flexibility index (Phi) is 8.98. The van der Waals surface area contributed by atoms with Crippen molar-refractivity contribution in [2.75, 3.05) is 43.2 Å². The molecule has 1 saturated heterocycles. The third kappa shape index (κ3) is 5.87. The van der Waals surface area contributed by atoms with E-state index in [1.165, 1.54) is 16.7 Å². The summed E-state index contributed by atoms with van der Waals surface area (Å²) in [6, 6.07) is 9.61. The summed E-state index contributed by atoms with van der Waals surface area (Å²) in [5.41, 5.74) is 2.11. The van der Waals surface area contributed by atoms with Gasteiger partial charge in [0.25, 0.3) is 0 Å². The zero-order valence-corrected chi connectivity index (χ0v) is 28.6. The molecule has 2 atom stereocenters. The van der Waals surface area contributed by atoms with E-state index in [0.717, 1.165) is 11.9 Å². The fourth-order valence-electron chi connectivity index (χ4n) is 6.02. The molecule has 1 aliphatic heterocycles. The summed E-state index contributed by atoms with van der Waals surface area (Å²) in [6.07, 6.45) is 4.14. The predicted octanol–water partition coefficient (Wildman–Crippen LogP) is 4.70. The van der Waals surface area contributed by atoms with E-state index in [2.05, 4.69) is 16.5 Å². The number of sulfone groups is 1. The Labute approximate surface area is 274 Å². The van der Waals surface area contributed by atoms with Crippen molar-refractivity contribution in [1.82, 2.24) is 24.4 Å². The molecule has 1 aromatic carbocycles. The number of nitrogens with zero attached hydrogens (tertiary/aromatic N) is 7. The molecule has 11 nitrogen and oxygen atoms in total. The molecule has 0 spiro atoms. The van der Waals surface area contributed by atoms with Gasteiger partial charge < -0.3 is 14.7 Å². The number of hydrogen-bond acceptors (Lipinski definition) is 9. The fraction of sp³-hybridized carbons (Fsp3) is 0.364. The largest absolute Gasteiger partial charge is 0.376 e. The summed E-state index contributed by atoms with van der Waals surface area (Å²) in [5.74, 6) is 0.144. The lowest BCUT2D eigenvalue weighted by atomic mass is 10.0. The van der Waals surface area contributed by atoms with Crippen LogP contribution in [0.4, 0.5) is 11.5 Å². The number of amides is 1. The second-order valence-electron chi connectivity index (χ2n) is 12.2. The van der Waals surface area contributed by atoms with E-state index in [1.807, 2.05) is 57.7 Å². The highest BCUT2D eigenvalue weighted by Gasteiger charge is 2.34. The number of piperazine rings is 1. The molecule has 1 amide bonds. The van der Waals surface area contributed by atoms with E-state index >= 15 is 0 Å². The number of hydrogen-bond donors (Lipinski definition) is 0. The van der Waals surface area contributed by atoms with Crippen LogP contribution >= 0.6 is 11.6 Å². The van der Waals surface area contributed by atoms with Gasteiger partial charge in [0.1, 0.15) is 5.82 Å². The lowest BCUT2D eigenvalue weighted by molar-refractivity contribution is -0.128. The van der Waals surface area contributed by atoms with Gasteiger partial charge in [-0.2, -0.15) is 4.98 Å². The van der Waals surface area contributed by atoms with Crippen LogP contribution in [0.2, 0.25) is 5.02 Å². The lowest BCUT2D eigenvalue weighted by Gasteiger charge is -2.44. The smallest absolute Gasteiger partial charge is 0.355 e. The van der Waals surface area contributed by atoms with Gasteiger partial charge in [0.2, 0.25) is 5.91 Å². The molecule has 0 radical (unpaired) electrons. The molecule has 4 heterocycles. The molecule has 3 aromatic heterocycles. The minimum atomic E-state index is -3.65.